The van der Waals surface area contributed by atoms with Gasteiger partial charge in [0.15, 0.2) is 11.6 Å². The number of benzene rings is 2. The largest absolute Gasteiger partial charge is 0.325 e. The van der Waals surface area contributed by atoms with E-state index in [1.165, 1.54) is 6.07 Å². The second-order valence-corrected chi connectivity index (χ2v) is 8.99. The fourth-order valence-corrected chi connectivity index (χ4v) is 3.39. The lowest BCUT2D eigenvalue weighted by Crippen LogP contribution is -2.29. The number of hydrogen-bond acceptors (Lipinski definition) is 2. The molecule has 140 valence electrons. The number of rotatable bonds is 5. The summed E-state index contributed by atoms with van der Waals surface area (Å²) in [6.07, 6.45) is 0. The minimum absolute atomic E-state index is 0.0156. The van der Waals surface area contributed by atoms with Crippen LogP contribution in [-0.2, 0) is 26.8 Å². The fraction of sp³-hybridized carbons (Fsp3) is 0.350. The molecule has 26 heavy (non-hydrogen) atoms. The van der Waals surface area contributed by atoms with Crippen LogP contribution in [0.2, 0.25) is 0 Å². The van der Waals surface area contributed by atoms with E-state index >= 15 is 0 Å². The van der Waals surface area contributed by atoms with Gasteiger partial charge in [0.1, 0.15) is 5.25 Å². The van der Waals surface area contributed by atoms with Crippen molar-refractivity contribution >= 4 is 22.4 Å². The highest BCUT2D eigenvalue weighted by Gasteiger charge is 2.21. The van der Waals surface area contributed by atoms with Crippen molar-refractivity contribution in [3.8, 4) is 0 Å². The van der Waals surface area contributed by atoms with Gasteiger partial charge in [-0.3, -0.25) is 9.00 Å². The standard InChI is InChI=1S/C20H23F2NO2S/c1-13(26(25)12-14-5-10-17(21)18(22)11-14)19(24)23-16-8-6-15(7-9-16)20(2,3)4/h5-11,13H,12H2,1-4H3,(H,23,24). The van der Waals surface area contributed by atoms with Crippen LogP contribution in [0.3, 0.4) is 0 Å². The molecule has 2 unspecified atom stereocenters. The van der Waals surface area contributed by atoms with Gasteiger partial charge in [-0.05, 0) is 47.7 Å². The monoisotopic (exact) mass is 379 g/mol. The molecule has 0 saturated carbocycles. The number of hydrogen-bond donors (Lipinski definition) is 1. The van der Waals surface area contributed by atoms with E-state index in [1.807, 2.05) is 24.3 Å². The minimum atomic E-state index is -1.55. The van der Waals surface area contributed by atoms with Gasteiger partial charge in [-0.25, -0.2) is 8.78 Å². The summed E-state index contributed by atoms with van der Waals surface area (Å²) in [5.74, 6) is -2.34. The molecule has 0 fully saturated rings. The molecule has 2 aromatic rings. The zero-order valence-electron chi connectivity index (χ0n) is 15.3. The topological polar surface area (TPSA) is 46.2 Å². The Labute approximate surface area is 155 Å². The van der Waals surface area contributed by atoms with Crippen LogP contribution in [0, 0.1) is 11.6 Å². The summed E-state index contributed by atoms with van der Waals surface area (Å²) in [5.41, 5.74) is 2.17. The Morgan fingerprint density at radius 1 is 1.08 bits per heavy atom. The van der Waals surface area contributed by atoms with Crippen LogP contribution in [0.25, 0.3) is 0 Å². The zero-order chi connectivity index (χ0) is 19.5. The Hall–Kier alpha value is -2.08. The third-order valence-electron chi connectivity index (χ3n) is 4.07. The van der Waals surface area contributed by atoms with Gasteiger partial charge in [-0.1, -0.05) is 39.0 Å². The van der Waals surface area contributed by atoms with Gasteiger partial charge in [0.05, 0.1) is 0 Å². The molecule has 2 atom stereocenters. The van der Waals surface area contributed by atoms with Crippen molar-refractivity contribution in [3.05, 3.63) is 65.2 Å². The molecule has 0 saturated heterocycles. The summed E-state index contributed by atoms with van der Waals surface area (Å²) in [5, 5.41) is 1.95. The van der Waals surface area contributed by atoms with Crippen LogP contribution in [0.4, 0.5) is 14.5 Å². The summed E-state index contributed by atoms with van der Waals surface area (Å²) in [7, 11) is -1.55. The van der Waals surface area contributed by atoms with Crippen molar-refractivity contribution in [2.75, 3.05) is 5.32 Å². The number of nitrogens with one attached hydrogen (secondary N) is 1. The second-order valence-electron chi connectivity index (χ2n) is 7.23. The molecule has 0 spiro atoms. The molecular weight excluding hydrogens is 356 g/mol. The maximum atomic E-state index is 13.2. The van der Waals surface area contributed by atoms with Crippen LogP contribution in [0.15, 0.2) is 42.5 Å². The molecule has 6 heteroatoms. The Morgan fingerprint density at radius 2 is 1.69 bits per heavy atom. The molecule has 1 N–H and O–H groups in total. The maximum absolute atomic E-state index is 13.2. The SMILES string of the molecule is CC(C(=O)Nc1ccc(C(C)(C)C)cc1)S(=O)Cc1ccc(F)c(F)c1. The Morgan fingerprint density at radius 3 is 2.23 bits per heavy atom. The summed E-state index contributed by atoms with van der Waals surface area (Å²) >= 11 is 0. The number of anilines is 1. The number of carbonyl (C=O) groups excluding carboxylic acids is 1. The second kappa shape index (κ2) is 8.08. The third-order valence-corrected chi connectivity index (χ3v) is 5.70. The first-order chi connectivity index (χ1) is 12.1. The van der Waals surface area contributed by atoms with Crippen LogP contribution >= 0.6 is 0 Å². The number of halogens is 2. The van der Waals surface area contributed by atoms with Gasteiger partial charge in [0.2, 0.25) is 5.91 Å². The normalized spacial score (nSPS) is 13.9. The molecule has 0 aliphatic heterocycles. The van der Waals surface area contributed by atoms with Gasteiger partial charge in [-0.2, -0.15) is 0 Å². The molecule has 0 radical (unpaired) electrons. The molecule has 3 nitrogen and oxygen atoms in total. The lowest BCUT2D eigenvalue weighted by molar-refractivity contribution is -0.115. The Kier molecular flexibility index (Phi) is 6.29. The fourth-order valence-electron chi connectivity index (χ4n) is 2.34. The first-order valence-corrected chi connectivity index (χ1v) is 9.68. The van der Waals surface area contributed by atoms with E-state index in [4.69, 9.17) is 0 Å². The van der Waals surface area contributed by atoms with Crippen molar-refractivity contribution in [3.63, 3.8) is 0 Å². The van der Waals surface area contributed by atoms with E-state index in [-0.39, 0.29) is 17.1 Å². The summed E-state index contributed by atoms with van der Waals surface area (Å²) < 4.78 is 38.6. The Balaban J connectivity index is 1.99. The van der Waals surface area contributed by atoms with Crippen molar-refractivity contribution in [2.24, 2.45) is 0 Å². The van der Waals surface area contributed by atoms with E-state index < -0.39 is 27.7 Å². The van der Waals surface area contributed by atoms with E-state index in [0.717, 1.165) is 17.7 Å². The maximum Gasteiger partial charge on any atom is 0.239 e. The lowest BCUT2D eigenvalue weighted by Gasteiger charge is -2.19. The Bertz CT molecular complexity index is 814. The quantitative estimate of drug-likeness (QED) is 0.829. The number of carbonyl (C=O) groups is 1. The van der Waals surface area contributed by atoms with Crippen molar-refractivity contribution in [1.82, 2.24) is 0 Å². The first kappa shape index (κ1) is 20.2. The average Bonchev–Trinajstić information content (AvgIpc) is 2.57. The molecule has 2 rings (SSSR count). The molecule has 2 aromatic carbocycles. The molecule has 0 aromatic heterocycles. The average molecular weight is 379 g/mol. The number of amides is 1. The smallest absolute Gasteiger partial charge is 0.239 e. The first-order valence-electron chi connectivity index (χ1n) is 8.30. The predicted octanol–water partition coefficient (Wildman–Crippen LogP) is 4.54. The van der Waals surface area contributed by atoms with Crippen LogP contribution in [0.1, 0.15) is 38.8 Å². The molecule has 0 heterocycles. The molecule has 1 amide bonds. The van der Waals surface area contributed by atoms with Gasteiger partial charge >= 0.3 is 0 Å². The van der Waals surface area contributed by atoms with Gasteiger partial charge in [0.25, 0.3) is 0 Å². The highest BCUT2D eigenvalue weighted by Crippen LogP contribution is 2.23. The summed E-state index contributed by atoms with van der Waals surface area (Å²) in [6, 6.07) is 10.9. The van der Waals surface area contributed by atoms with E-state index in [9.17, 15) is 17.8 Å². The summed E-state index contributed by atoms with van der Waals surface area (Å²) in [6.45, 7) is 7.85. The third kappa shape index (κ3) is 5.21. The lowest BCUT2D eigenvalue weighted by atomic mass is 9.87. The van der Waals surface area contributed by atoms with Crippen molar-refractivity contribution in [1.29, 1.82) is 0 Å². The van der Waals surface area contributed by atoms with Gasteiger partial charge < -0.3 is 5.32 Å². The van der Waals surface area contributed by atoms with Crippen molar-refractivity contribution in [2.45, 2.75) is 44.1 Å². The molecular formula is C20H23F2NO2S. The zero-order valence-corrected chi connectivity index (χ0v) is 16.1. The van der Waals surface area contributed by atoms with E-state index in [1.54, 1.807) is 6.92 Å². The molecule has 0 aliphatic rings. The van der Waals surface area contributed by atoms with Crippen LogP contribution in [-0.4, -0.2) is 15.4 Å². The van der Waals surface area contributed by atoms with E-state index in [0.29, 0.717) is 11.3 Å². The highest BCUT2D eigenvalue weighted by atomic mass is 32.2. The van der Waals surface area contributed by atoms with Gasteiger partial charge in [0, 0.05) is 22.2 Å². The van der Waals surface area contributed by atoms with Crippen LogP contribution in [0.5, 0.6) is 0 Å². The minimum Gasteiger partial charge on any atom is -0.325 e. The highest BCUT2D eigenvalue weighted by molar-refractivity contribution is 7.85. The van der Waals surface area contributed by atoms with Crippen molar-refractivity contribution < 1.29 is 17.8 Å². The van der Waals surface area contributed by atoms with Crippen LogP contribution < -0.4 is 5.32 Å². The van der Waals surface area contributed by atoms with Gasteiger partial charge in [-0.15, -0.1) is 0 Å². The molecule has 0 aliphatic carbocycles. The molecule has 0 bridgehead atoms. The predicted molar refractivity (Wildman–Crippen MR) is 101 cm³/mol. The van der Waals surface area contributed by atoms with E-state index in [2.05, 4.69) is 26.1 Å². The summed E-state index contributed by atoms with van der Waals surface area (Å²) in [4.78, 5) is 12.3.